The van der Waals surface area contributed by atoms with Crippen LogP contribution in [0.1, 0.15) is 55.1 Å². The third-order valence-corrected chi connectivity index (χ3v) is 5.56. The molecule has 1 amide bonds. The second-order valence-electron chi connectivity index (χ2n) is 7.20. The Labute approximate surface area is 154 Å². The van der Waals surface area contributed by atoms with Crippen molar-refractivity contribution in [3.05, 3.63) is 59.9 Å². The van der Waals surface area contributed by atoms with Crippen LogP contribution in [0.25, 0.3) is 0 Å². The number of benzene rings is 1. The molecule has 2 aromatic rings. The molecular weight excluding hydrogens is 328 g/mol. The third kappa shape index (κ3) is 3.82. The van der Waals surface area contributed by atoms with Crippen molar-refractivity contribution >= 4 is 11.9 Å². The van der Waals surface area contributed by atoms with Crippen molar-refractivity contribution in [2.75, 3.05) is 0 Å². The maximum atomic E-state index is 12.9. The quantitative estimate of drug-likeness (QED) is 0.831. The fourth-order valence-electron chi connectivity index (χ4n) is 3.79. The van der Waals surface area contributed by atoms with Gasteiger partial charge in [0.25, 0.3) is 5.91 Å². The van der Waals surface area contributed by atoms with E-state index in [2.05, 4.69) is 12.2 Å². The van der Waals surface area contributed by atoms with E-state index in [-0.39, 0.29) is 5.91 Å². The van der Waals surface area contributed by atoms with Gasteiger partial charge in [0.2, 0.25) is 0 Å². The van der Waals surface area contributed by atoms with Crippen LogP contribution in [0.4, 0.5) is 0 Å². The van der Waals surface area contributed by atoms with Crippen molar-refractivity contribution in [2.45, 2.75) is 51.1 Å². The van der Waals surface area contributed by atoms with Crippen LogP contribution in [0, 0.1) is 5.92 Å². The molecule has 26 heavy (non-hydrogen) atoms. The van der Waals surface area contributed by atoms with Crippen LogP contribution in [0.2, 0.25) is 0 Å². The van der Waals surface area contributed by atoms with Crippen LogP contribution in [-0.2, 0) is 11.3 Å². The number of nitrogens with zero attached hydrogens (tertiary/aromatic N) is 1. The normalized spacial score (nSPS) is 22.7. The number of carbonyl (C=O) groups is 2. The topological polar surface area (TPSA) is 71.3 Å². The molecule has 0 saturated heterocycles. The summed E-state index contributed by atoms with van der Waals surface area (Å²) in [6.07, 6.45) is 5.58. The van der Waals surface area contributed by atoms with Gasteiger partial charge in [-0.1, -0.05) is 43.7 Å². The average molecular weight is 354 g/mol. The third-order valence-electron chi connectivity index (χ3n) is 5.56. The minimum absolute atomic E-state index is 0.316. The molecular formula is C21H26N2O3. The molecule has 0 spiro atoms. The Morgan fingerprint density at radius 3 is 2.46 bits per heavy atom. The first-order chi connectivity index (χ1) is 12.5. The van der Waals surface area contributed by atoms with Gasteiger partial charge in [0.05, 0.1) is 0 Å². The largest absolute Gasteiger partial charge is 0.480 e. The lowest BCUT2D eigenvalue weighted by molar-refractivity contribution is -0.146. The number of carboxylic acids is 1. The lowest BCUT2D eigenvalue weighted by Gasteiger charge is -2.37. The Morgan fingerprint density at radius 2 is 1.85 bits per heavy atom. The number of hydrogen-bond acceptors (Lipinski definition) is 2. The van der Waals surface area contributed by atoms with E-state index >= 15 is 0 Å². The summed E-state index contributed by atoms with van der Waals surface area (Å²) in [6, 6.07) is 13.5. The van der Waals surface area contributed by atoms with Gasteiger partial charge in [0.15, 0.2) is 0 Å². The molecule has 5 nitrogen and oxygen atoms in total. The molecule has 0 radical (unpaired) electrons. The molecule has 1 heterocycles. The fraction of sp³-hybridized carbons (Fsp3) is 0.429. The molecule has 0 atom stereocenters. The lowest BCUT2D eigenvalue weighted by atomic mass is 9.75. The Bertz CT molecular complexity index is 759. The summed E-state index contributed by atoms with van der Waals surface area (Å²) in [7, 11) is 0. The Kier molecular flexibility index (Phi) is 5.45. The van der Waals surface area contributed by atoms with Gasteiger partial charge in [-0.15, -0.1) is 0 Å². The second-order valence-corrected chi connectivity index (χ2v) is 7.20. The highest BCUT2D eigenvalue weighted by atomic mass is 16.4. The van der Waals surface area contributed by atoms with Crippen LogP contribution < -0.4 is 5.32 Å². The molecule has 1 aliphatic rings. The van der Waals surface area contributed by atoms with Crippen molar-refractivity contribution < 1.29 is 14.7 Å². The van der Waals surface area contributed by atoms with Crippen LogP contribution in [0.15, 0.2) is 48.7 Å². The van der Waals surface area contributed by atoms with Gasteiger partial charge >= 0.3 is 5.97 Å². The highest BCUT2D eigenvalue weighted by Crippen LogP contribution is 2.34. The van der Waals surface area contributed by atoms with Gasteiger partial charge in [-0.05, 0) is 49.3 Å². The Balaban J connectivity index is 1.75. The predicted molar refractivity (Wildman–Crippen MR) is 100 cm³/mol. The van der Waals surface area contributed by atoms with Crippen LogP contribution >= 0.6 is 0 Å². The van der Waals surface area contributed by atoms with Crippen LogP contribution in [0.3, 0.4) is 0 Å². The predicted octanol–water partition coefficient (Wildman–Crippen LogP) is 3.69. The van der Waals surface area contributed by atoms with Gasteiger partial charge in [-0.25, -0.2) is 4.79 Å². The van der Waals surface area contributed by atoms with E-state index in [4.69, 9.17) is 0 Å². The maximum Gasteiger partial charge on any atom is 0.329 e. The number of carboxylic acid groups (broad SMARTS) is 1. The summed E-state index contributed by atoms with van der Waals surface area (Å²) in [5, 5.41) is 12.6. The molecule has 1 aliphatic carbocycles. The minimum Gasteiger partial charge on any atom is -0.480 e. The van der Waals surface area contributed by atoms with E-state index in [0.29, 0.717) is 31.0 Å². The van der Waals surface area contributed by atoms with Crippen LogP contribution in [-0.4, -0.2) is 27.1 Å². The van der Waals surface area contributed by atoms with E-state index < -0.39 is 11.5 Å². The number of amides is 1. The number of aliphatic carboxylic acids is 1. The fourth-order valence-corrected chi connectivity index (χ4v) is 3.79. The van der Waals surface area contributed by atoms with Crippen molar-refractivity contribution in [3.63, 3.8) is 0 Å². The van der Waals surface area contributed by atoms with Gasteiger partial charge in [0.1, 0.15) is 11.2 Å². The molecule has 0 bridgehead atoms. The standard InChI is InChI=1S/C21H26N2O3/c1-2-16-10-12-21(13-11-16,20(25)26)22-19(24)18-9-6-14-23(18)15-17-7-4-3-5-8-17/h3-9,14,16H,2,10-13,15H2,1H3,(H,22,24)(H,25,26). The highest BCUT2D eigenvalue weighted by molar-refractivity contribution is 5.96. The minimum atomic E-state index is -1.15. The van der Waals surface area contributed by atoms with Gasteiger partial charge in [-0.2, -0.15) is 0 Å². The highest BCUT2D eigenvalue weighted by Gasteiger charge is 2.43. The SMILES string of the molecule is CCC1CCC(NC(=O)c2cccn2Cc2ccccc2)(C(=O)O)CC1. The molecule has 1 aromatic carbocycles. The zero-order valence-electron chi connectivity index (χ0n) is 15.1. The summed E-state index contributed by atoms with van der Waals surface area (Å²) in [5.41, 5.74) is 0.436. The zero-order chi connectivity index (χ0) is 18.6. The number of rotatable bonds is 6. The lowest BCUT2D eigenvalue weighted by Crippen LogP contribution is -2.56. The molecule has 5 heteroatoms. The number of carbonyl (C=O) groups excluding carboxylic acids is 1. The van der Waals surface area contributed by atoms with Crippen molar-refractivity contribution in [3.8, 4) is 0 Å². The zero-order valence-corrected chi connectivity index (χ0v) is 15.1. The van der Waals surface area contributed by atoms with Gasteiger partial charge in [0, 0.05) is 12.7 Å². The number of hydrogen-bond donors (Lipinski definition) is 2. The maximum absolute atomic E-state index is 12.9. The summed E-state index contributed by atoms with van der Waals surface area (Å²) in [5.74, 6) is -0.689. The average Bonchev–Trinajstić information content (AvgIpc) is 3.11. The first kappa shape index (κ1) is 18.2. The summed E-state index contributed by atoms with van der Waals surface area (Å²) in [4.78, 5) is 24.8. The monoisotopic (exact) mass is 354 g/mol. The molecule has 0 unspecified atom stereocenters. The number of nitrogens with one attached hydrogen (secondary N) is 1. The van der Waals surface area contributed by atoms with E-state index in [0.717, 1.165) is 24.8 Å². The molecule has 1 aromatic heterocycles. The molecule has 3 rings (SSSR count). The van der Waals surface area contributed by atoms with E-state index in [1.165, 1.54) is 0 Å². The smallest absolute Gasteiger partial charge is 0.329 e. The van der Waals surface area contributed by atoms with E-state index in [1.54, 1.807) is 6.07 Å². The van der Waals surface area contributed by atoms with Crippen molar-refractivity contribution in [1.29, 1.82) is 0 Å². The van der Waals surface area contributed by atoms with E-state index in [9.17, 15) is 14.7 Å². The van der Waals surface area contributed by atoms with Gasteiger partial charge in [-0.3, -0.25) is 4.79 Å². The first-order valence-electron chi connectivity index (χ1n) is 9.29. The van der Waals surface area contributed by atoms with E-state index in [1.807, 2.05) is 47.2 Å². The summed E-state index contributed by atoms with van der Waals surface area (Å²) >= 11 is 0. The van der Waals surface area contributed by atoms with Crippen molar-refractivity contribution in [1.82, 2.24) is 9.88 Å². The molecule has 1 saturated carbocycles. The summed E-state index contributed by atoms with van der Waals surface area (Å²) in [6.45, 7) is 2.71. The second kappa shape index (κ2) is 7.77. The Morgan fingerprint density at radius 1 is 1.15 bits per heavy atom. The molecule has 2 N–H and O–H groups in total. The molecule has 138 valence electrons. The Hall–Kier alpha value is -2.56. The summed E-state index contributed by atoms with van der Waals surface area (Å²) < 4.78 is 1.86. The number of aromatic nitrogens is 1. The first-order valence-corrected chi connectivity index (χ1v) is 9.29. The van der Waals surface area contributed by atoms with Gasteiger partial charge < -0.3 is 15.0 Å². The van der Waals surface area contributed by atoms with Crippen molar-refractivity contribution in [2.24, 2.45) is 5.92 Å². The van der Waals surface area contributed by atoms with Crippen LogP contribution in [0.5, 0.6) is 0 Å². The molecule has 0 aliphatic heterocycles. The molecule has 1 fully saturated rings.